The summed E-state index contributed by atoms with van der Waals surface area (Å²) in [5, 5.41) is 79.0. The molecule has 4 aliphatic rings. The number of Topliss-reactive ketones (excluding diaryl/α,β-unsaturated/α-hetero) is 2. The summed E-state index contributed by atoms with van der Waals surface area (Å²) < 4.78 is 21.3. The van der Waals surface area contributed by atoms with Crippen LogP contribution in [0.3, 0.4) is 0 Å². The van der Waals surface area contributed by atoms with Gasteiger partial charge in [0.15, 0.2) is 5.78 Å². The highest BCUT2D eigenvalue weighted by Gasteiger charge is 2.76. The van der Waals surface area contributed by atoms with Crippen LogP contribution >= 0.6 is 0 Å². The number of aliphatic hydroxyl groups excluding tert-OH is 4. The van der Waals surface area contributed by atoms with Gasteiger partial charge in [-0.05, 0) is 42.5 Å². The molecule has 2 aliphatic heterocycles. The van der Waals surface area contributed by atoms with Crippen molar-refractivity contribution in [3.05, 3.63) is 41.0 Å². The first-order valence-corrected chi connectivity index (χ1v) is 14.6. The zero-order chi connectivity index (χ0) is 34.5. The van der Waals surface area contributed by atoms with Crippen LogP contribution in [0.1, 0.15) is 42.6 Å². The molecule has 0 aromatic heterocycles. The van der Waals surface area contributed by atoms with Crippen molar-refractivity contribution in [2.45, 2.75) is 61.8 Å². The molecule has 2 heterocycles. The number of fused-ring (bicyclic) bond motifs is 4. The maximum Gasteiger partial charge on any atom is 0.358 e. The summed E-state index contributed by atoms with van der Waals surface area (Å²) >= 11 is 0. The van der Waals surface area contributed by atoms with Gasteiger partial charge in [0.05, 0.1) is 25.9 Å². The molecule has 8 atom stereocenters. The average molecular weight is 657 g/mol. The van der Waals surface area contributed by atoms with E-state index in [1.165, 1.54) is 26.0 Å². The molecule has 15 nitrogen and oxygen atoms in total. The SMILES string of the molecule is COC(=O)[C@]12Oc3ccc(-c4ccc5c(c4O)C(=O)[C@@]4(O)[C@@H](O)C[C@H](C)[C@H](O)[C@]4(C(=O)OC)O5)c(O)c3C(O)=C1C(=O)C[C@@H](C)[C@H]2O. The van der Waals surface area contributed by atoms with Gasteiger partial charge in [-0.3, -0.25) is 9.59 Å². The number of esters is 2. The fraction of sp³-hybridized carbons (Fsp3) is 0.438. The second-order valence-electron chi connectivity index (χ2n) is 12.4. The molecule has 0 bridgehead atoms. The molecule has 0 radical (unpaired) electrons. The van der Waals surface area contributed by atoms with E-state index >= 15 is 0 Å². The number of phenols is 2. The van der Waals surface area contributed by atoms with Crippen LogP contribution in [0.2, 0.25) is 0 Å². The normalized spacial score (nSPS) is 34.2. The number of aromatic hydroxyl groups is 2. The van der Waals surface area contributed by atoms with Gasteiger partial charge in [0, 0.05) is 17.5 Å². The van der Waals surface area contributed by atoms with Crippen LogP contribution in [-0.4, -0.2) is 109 Å². The van der Waals surface area contributed by atoms with Gasteiger partial charge in [-0.2, -0.15) is 0 Å². The lowest BCUT2D eigenvalue weighted by Crippen LogP contribution is -2.81. The molecule has 2 aromatic rings. The molecule has 0 saturated heterocycles. The third-order valence-corrected chi connectivity index (χ3v) is 9.85. The topological polar surface area (TPSA) is 247 Å². The van der Waals surface area contributed by atoms with Crippen molar-refractivity contribution in [1.29, 1.82) is 0 Å². The first-order chi connectivity index (χ1) is 22.1. The summed E-state index contributed by atoms with van der Waals surface area (Å²) in [6, 6.07) is 4.64. The Hall–Kier alpha value is -4.70. The highest BCUT2D eigenvalue weighted by Crippen LogP contribution is 2.56. The van der Waals surface area contributed by atoms with Gasteiger partial charge in [0.25, 0.3) is 11.2 Å². The number of phenolic OH excluding ortho intramolecular Hbond substituents is 2. The monoisotopic (exact) mass is 656 g/mol. The lowest BCUT2D eigenvalue weighted by atomic mass is 9.60. The molecule has 250 valence electrons. The van der Waals surface area contributed by atoms with E-state index in [0.717, 1.165) is 26.4 Å². The minimum absolute atomic E-state index is 0.245. The molecule has 15 heteroatoms. The highest BCUT2D eigenvalue weighted by atomic mass is 16.6. The van der Waals surface area contributed by atoms with Gasteiger partial charge in [0.1, 0.15) is 52.1 Å². The maximum absolute atomic E-state index is 14.0. The smallest absolute Gasteiger partial charge is 0.358 e. The first-order valence-electron chi connectivity index (χ1n) is 14.6. The number of aliphatic hydroxyl groups is 5. The molecular formula is C32H32O15. The molecule has 0 amide bonds. The standard InChI is InChI=1S/C32H32O15/c1-11-9-15(33)21-24(37)19-16(46-30(21,25(11)38)28(41)44-3)7-5-13(22(19)35)14-6-8-17-20(23(14)36)27(40)31(43)18(34)10-12(2)26(39)32(31,47-17)29(42)45-4/h5-8,11-12,18,25-26,34-39,43H,9-10H2,1-4H3/t11-,12+,18+,25-,26+,30+,31+,32-/m1/s1. The average Bonchev–Trinajstić information content (AvgIpc) is 3.03. The van der Waals surface area contributed by atoms with Crippen molar-refractivity contribution < 1.29 is 73.9 Å². The van der Waals surface area contributed by atoms with E-state index in [1.54, 1.807) is 0 Å². The molecule has 2 saturated carbocycles. The molecule has 47 heavy (non-hydrogen) atoms. The van der Waals surface area contributed by atoms with Gasteiger partial charge >= 0.3 is 11.9 Å². The maximum atomic E-state index is 14.0. The predicted molar refractivity (Wildman–Crippen MR) is 155 cm³/mol. The van der Waals surface area contributed by atoms with E-state index in [-0.39, 0.29) is 29.7 Å². The summed E-state index contributed by atoms with van der Waals surface area (Å²) in [4.78, 5) is 53.3. The van der Waals surface area contributed by atoms with Crippen LogP contribution in [0, 0.1) is 11.8 Å². The molecular weight excluding hydrogens is 624 g/mol. The number of hydrogen-bond acceptors (Lipinski definition) is 15. The van der Waals surface area contributed by atoms with E-state index in [9.17, 15) is 54.9 Å². The number of hydrogen-bond donors (Lipinski definition) is 7. The van der Waals surface area contributed by atoms with E-state index in [0.29, 0.717) is 0 Å². The van der Waals surface area contributed by atoms with Crippen molar-refractivity contribution in [2.24, 2.45) is 11.8 Å². The number of methoxy groups -OCH3 is 2. The third kappa shape index (κ3) is 3.76. The minimum atomic E-state index is -3.12. The van der Waals surface area contributed by atoms with Crippen LogP contribution in [0.4, 0.5) is 0 Å². The fourth-order valence-corrected chi connectivity index (χ4v) is 7.41. The van der Waals surface area contributed by atoms with Crippen LogP contribution in [-0.2, 0) is 23.9 Å². The highest BCUT2D eigenvalue weighted by molar-refractivity contribution is 6.15. The number of rotatable bonds is 3. The summed E-state index contributed by atoms with van der Waals surface area (Å²) in [7, 11) is 1.94. The van der Waals surface area contributed by atoms with E-state index in [1.807, 2.05) is 0 Å². The fourth-order valence-electron chi connectivity index (χ4n) is 7.41. The Morgan fingerprint density at radius 3 is 1.94 bits per heavy atom. The lowest BCUT2D eigenvalue weighted by Gasteiger charge is -2.55. The third-order valence-electron chi connectivity index (χ3n) is 9.85. The van der Waals surface area contributed by atoms with Crippen molar-refractivity contribution in [3.8, 4) is 34.1 Å². The first kappa shape index (κ1) is 32.2. The Kier molecular flexibility index (Phi) is 7.14. The summed E-state index contributed by atoms with van der Waals surface area (Å²) in [5.41, 5.74) is -10.7. The van der Waals surface area contributed by atoms with E-state index < -0.39 is 110 Å². The zero-order valence-electron chi connectivity index (χ0n) is 25.5. The van der Waals surface area contributed by atoms with Crippen LogP contribution in [0.25, 0.3) is 16.9 Å². The summed E-state index contributed by atoms with van der Waals surface area (Å²) in [6.07, 6.45) is -6.02. The van der Waals surface area contributed by atoms with Crippen molar-refractivity contribution in [2.75, 3.05) is 14.2 Å². The lowest BCUT2D eigenvalue weighted by molar-refractivity contribution is -0.249. The molecule has 6 rings (SSSR count). The second-order valence-corrected chi connectivity index (χ2v) is 12.4. The van der Waals surface area contributed by atoms with Crippen LogP contribution < -0.4 is 9.47 Å². The largest absolute Gasteiger partial charge is 0.506 e. The molecule has 2 aliphatic carbocycles. The Morgan fingerprint density at radius 2 is 1.36 bits per heavy atom. The van der Waals surface area contributed by atoms with Gasteiger partial charge in [-0.25, -0.2) is 9.59 Å². The number of carbonyl (C=O) groups is 4. The minimum Gasteiger partial charge on any atom is -0.506 e. The molecule has 0 spiro atoms. The van der Waals surface area contributed by atoms with E-state index in [4.69, 9.17) is 18.9 Å². The van der Waals surface area contributed by atoms with Crippen molar-refractivity contribution in [3.63, 3.8) is 0 Å². The quantitative estimate of drug-likeness (QED) is 0.219. The van der Waals surface area contributed by atoms with Gasteiger partial charge in [0.2, 0.25) is 11.4 Å². The van der Waals surface area contributed by atoms with Gasteiger partial charge in [-0.1, -0.05) is 13.8 Å². The zero-order valence-corrected chi connectivity index (χ0v) is 25.5. The van der Waals surface area contributed by atoms with E-state index in [2.05, 4.69) is 0 Å². The number of carbonyl (C=O) groups excluding carboxylic acids is 4. The number of benzene rings is 2. The van der Waals surface area contributed by atoms with Gasteiger partial charge < -0.3 is 54.7 Å². The Labute approximate surface area is 266 Å². The molecule has 7 N–H and O–H groups in total. The van der Waals surface area contributed by atoms with Crippen LogP contribution in [0.5, 0.6) is 23.0 Å². The molecule has 2 aromatic carbocycles. The predicted octanol–water partition coefficient (Wildman–Crippen LogP) is 0.287. The molecule has 2 fully saturated rings. The van der Waals surface area contributed by atoms with Crippen LogP contribution in [0.15, 0.2) is 29.8 Å². The Bertz CT molecular complexity index is 1800. The van der Waals surface area contributed by atoms with Crippen molar-refractivity contribution >= 4 is 29.3 Å². The Balaban J connectivity index is 1.54. The molecule has 0 unspecified atom stereocenters. The number of ether oxygens (including phenoxy) is 4. The van der Waals surface area contributed by atoms with Gasteiger partial charge in [-0.15, -0.1) is 0 Å². The number of ketones is 2. The van der Waals surface area contributed by atoms with Crippen molar-refractivity contribution in [1.82, 2.24) is 0 Å². The Morgan fingerprint density at radius 1 is 0.809 bits per heavy atom. The second kappa shape index (κ2) is 10.4. The summed E-state index contributed by atoms with van der Waals surface area (Å²) in [6.45, 7) is 2.97. The summed E-state index contributed by atoms with van der Waals surface area (Å²) in [5.74, 6) is -9.64.